The van der Waals surface area contributed by atoms with Crippen molar-refractivity contribution in [1.82, 2.24) is 10.6 Å². The molecule has 0 saturated carbocycles. The van der Waals surface area contributed by atoms with Crippen LogP contribution in [0.2, 0.25) is 0 Å². The van der Waals surface area contributed by atoms with Gasteiger partial charge in [0.1, 0.15) is 6.04 Å². The van der Waals surface area contributed by atoms with Gasteiger partial charge in [0, 0.05) is 11.4 Å². The van der Waals surface area contributed by atoms with Crippen molar-refractivity contribution in [1.29, 1.82) is 0 Å². The van der Waals surface area contributed by atoms with Crippen LogP contribution in [-0.4, -0.2) is 24.4 Å². The van der Waals surface area contributed by atoms with Crippen molar-refractivity contribution in [3.63, 3.8) is 0 Å². The summed E-state index contributed by atoms with van der Waals surface area (Å²) in [5.74, 6) is -0.304. The fourth-order valence-electron chi connectivity index (χ4n) is 1.88. The third-order valence-electron chi connectivity index (χ3n) is 3.05. The Morgan fingerprint density at radius 1 is 1.30 bits per heavy atom. The highest BCUT2D eigenvalue weighted by atomic mass is 32.1. The first kappa shape index (κ1) is 16.7. The van der Waals surface area contributed by atoms with Gasteiger partial charge in [0.25, 0.3) is 5.91 Å². The van der Waals surface area contributed by atoms with Crippen molar-refractivity contribution in [2.45, 2.75) is 53.0 Å². The maximum atomic E-state index is 12.1. The number of carbonyl (C=O) groups is 2. The van der Waals surface area contributed by atoms with Gasteiger partial charge in [0.15, 0.2) is 0 Å². The molecule has 1 aromatic rings. The van der Waals surface area contributed by atoms with Gasteiger partial charge < -0.3 is 10.6 Å². The standard InChI is InChI=1S/C15H24N2O2S/c1-5-7-12-9-13(20-11(12)4)15(19)17-10(3)14(18)16-8-6-2/h9-10H,5-8H2,1-4H3,(H,16,18)(H,17,19)/t10-/m0/s1. The summed E-state index contributed by atoms with van der Waals surface area (Å²) in [4.78, 5) is 25.7. The Bertz CT molecular complexity index is 468. The highest BCUT2D eigenvalue weighted by Crippen LogP contribution is 2.22. The number of carbonyl (C=O) groups excluding carboxylic acids is 2. The number of aryl methyl sites for hydroxylation is 2. The summed E-state index contributed by atoms with van der Waals surface area (Å²) >= 11 is 1.49. The molecule has 2 amide bonds. The van der Waals surface area contributed by atoms with Crippen LogP contribution in [0.25, 0.3) is 0 Å². The highest BCUT2D eigenvalue weighted by molar-refractivity contribution is 7.14. The second-order valence-electron chi connectivity index (χ2n) is 4.93. The van der Waals surface area contributed by atoms with Crippen LogP contribution < -0.4 is 10.6 Å². The lowest BCUT2D eigenvalue weighted by Gasteiger charge is -2.12. The quantitative estimate of drug-likeness (QED) is 0.812. The van der Waals surface area contributed by atoms with Crippen LogP contribution in [0.3, 0.4) is 0 Å². The molecule has 0 aliphatic heterocycles. The lowest BCUT2D eigenvalue weighted by atomic mass is 10.1. The maximum Gasteiger partial charge on any atom is 0.262 e. The first-order valence-corrected chi connectivity index (χ1v) is 7.99. The van der Waals surface area contributed by atoms with Gasteiger partial charge in [0.05, 0.1) is 4.88 Å². The van der Waals surface area contributed by atoms with Crippen molar-refractivity contribution in [2.24, 2.45) is 0 Å². The van der Waals surface area contributed by atoms with Crippen LogP contribution >= 0.6 is 11.3 Å². The monoisotopic (exact) mass is 296 g/mol. The highest BCUT2D eigenvalue weighted by Gasteiger charge is 2.18. The Balaban J connectivity index is 2.62. The van der Waals surface area contributed by atoms with Gasteiger partial charge in [-0.05, 0) is 38.3 Å². The molecule has 0 bridgehead atoms. The number of amides is 2. The average Bonchev–Trinajstić information content (AvgIpc) is 2.78. The molecule has 1 atom stereocenters. The number of hydrogen-bond donors (Lipinski definition) is 2. The zero-order valence-electron chi connectivity index (χ0n) is 12.7. The topological polar surface area (TPSA) is 58.2 Å². The molecule has 0 aliphatic carbocycles. The normalized spacial score (nSPS) is 12.0. The Kier molecular flexibility index (Phi) is 6.71. The maximum absolute atomic E-state index is 12.1. The minimum absolute atomic E-state index is 0.137. The summed E-state index contributed by atoms with van der Waals surface area (Å²) in [7, 11) is 0. The Morgan fingerprint density at radius 3 is 2.60 bits per heavy atom. The molecule has 0 aromatic carbocycles. The van der Waals surface area contributed by atoms with Crippen molar-refractivity contribution < 1.29 is 9.59 Å². The molecule has 1 rings (SSSR count). The zero-order chi connectivity index (χ0) is 15.1. The molecular formula is C15H24N2O2S. The lowest BCUT2D eigenvalue weighted by Crippen LogP contribution is -2.44. The van der Waals surface area contributed by atoms with E-state index in [1.807, 2.05) is 19.9 Å². The molecule has 0 spiro atoms. The fraction of sp³-hybridized carbons (Fsp3) is 0.600. The van der Waals surface area contributed by atoms with E-state index >= 15 is 0 Å². The number of thiophene rings is 1. The van der Waals surface area contributed by atoms with E-state index in [0.29, 0.717) is 11.4 Å². The molecule has 2 N–H and O–H groups in total. The van der Waals surface area contributed by atoms with Crippen molar-refractivity contribution >= 4 is 23.2 Å². The van der Waals surface area contributed by atoms with E-state index in [0.717, 1.165) is 19.3 Å². The lowest BCUT2D eigenvalue weighted by molar-refractivity contribution is -0.122. The summed E-state index contributed by atoms with van der Waals surface area (Å²) in [6.45, 7) is 8.49. The van der Waals surface area contributed by atoms with Gasteiger partial charge >= 0.3 is 0 Å². The van der Waals surface area contributed by atoms with Crippen molar-refractivity contribution in [3.05, 3.63) is 21.4 Å². The molecule has 1 heterocycles. The van der Waals surface area contributed by atoms with E-state index in [-0.39, 0.29) is 11.8 Å². The first-order valence-electron chi connectivity index (χ1n) is 7.17. The van der Waals surface area contributed by atoms with Crippen LogP contribution in [0.15, 0.2) is 6.07 Å². The summed E-state index contributed by atoms with van der Waals surface area (Å²) in [6, 6.07) is 1.43. The molecular weight excluding hydrogens is 272 g/mol. The Labute approximate surface area is 125 Å². The number of nitrogens with one attached hydrogen (secondary N) is 2. The SMILES string of the molecule is CCCNC(=O)[C@H](C)NC(=O)c1cc(CCC)c(C)s1. The van der Waals surface area contributed by atoms with Crippen molar-refractivity contribution in [2.75, 3.05) is 6.54 Å². The molecule has 0 saturated heterocycles. The van der Waals surface area contributed by atoms with E-state index in [1.54, 1.807) is 6.92 Å². The molecule has 0 aliphatic rings. The van der Waals surface area contributed by atoms with Crippen LogP contribution in [0.5, 0.6) is 0 Å². The van der Waals surface area contributed by atoms with Crippen LogP contribution in [-0.2, 0) is 11.2 Å². The first-order chi connectivity index (χ1) is 9.49. The fourth-order valence-corrected chi connectivity index (χ4v) is 2.86. The molecule has 4 nitrogen and oxygen atoms in total. The van der Waals surface area contributed by atoms with Gasteiger partial charge in [0.2, 0.25) is 5.91 Å². The smallest absolute Gasteiger partial charge is 0.262 e. The number of rotatable bonds is 7. The molecule has 0 radical (unpaired) electrons. The summed E-state index contributed by atoms with van der Waals surface area (Å²) in [5.41, 5.74) is 1.23. The predicted octanol–water partition coefficient (Wildman–Crippen LogP) is 2.65. The summed E-state index contributed by atoms with van der Waals surface area (Å²) in [5, 5.41) is 5.52. The van der Waals surface area contributed by atoms with Crippen LogP contribution in [0, 0.1) is 6.92 Å². The predicted molar refractivity (Wildman–Crippen MR) is 83.3 cm³/mol. The summed E-state index contributed by atoms with van der Waals surface area (Å²) < 4.78 is 0. The van der Waals surface area contributed by atoms with Gasteiger partial charge in [-0.15, -0.1) is 11.3 Å². The zero-order valence-corrected chi connectivity index (χ0v) is 13.5. The van der Waals surface area contributed by atoms with E-state index in [2.05, 4.69) is 17.6 Å². The van der Waals surface area contributed by atoms with Crippen LogP contribution in [0.4, 0.5) is 0 Å². The second-order valence-corrected chi connectivity index (χ2v) is 6.18. The molecule has 20 heavy (non-hydrogen) atoms. The molecule has 0 unspecified atom stereocenters. The molecule has 112 valence electrons. The molecule has 1 aromatic heterocycles. The largest absolute Gasteiger partial charge is 0.354 e. The third-order valence-corrected chi connectivity index (χ3v) is 4.15. The Hall–Kier alpha value is -1.36. The second kappa shape index (κ2) is 8.04. The average molecular weight is 296 g/mol. The van der Waals surface area contributed by atoms with Gasteiger partial charge in [-0.1, -0.05) is 20.3 Å². The van der Waals surface area contributed by atoms with Gasteiger partial charge in [-0.25, -0.2) is 0 Å². The minimum atomic E-state index is -0.508. The number of hydrogen-bond acceptors (Lipinski definition) is 3. The minimum Gasteiger partial charge on any atom is -0.354 e. The summed E-state index contributed by atoms with van der Waals surface area (Å²) in [6.07, 6.45) is 2.94. The van der Waals surface area contributed by atoms with Gasteiger partial charge in [-0.2, -0.15) is 0 Å². The molecule has 0 fully saturated rings. The van der Waals surface area contributed by atoms with E-state index in [4.69, 9.17) is 0 Å². The molecule has 5 heteroatoms. The van der Waals surface area contributed by atoms with Crippen LogP contribution in [0.1, 0.15) is 53.7 Å². The van der Waals surface area contributed by atoms with E-state index in [1.165, 1.54) is 21.8 Å². The van der Waals surface area contributed by atoms with E-state index in [9.17, 15) is 9.59 Å². The van der Waals surface area contributed by atoms with Gasteiger partial charge in [-0.3, -0.25) is 9.59 Å². The Morgan fingerprint density at radius 2 is 2.00 bits per heavy atom. The third kappa shape index (κ3) is 4.63. The van der Waals surface area contributed by atoms with E-state index < -0.39 is 6.04 Å². The van der Waals surface area contributed by atoms with Crippen molar-refractivity contribution in [3.8, 4) is 0 Å².